The molecule has 0 N–H and O–H groups in total. The van der Waals surface area contributed by atoms with E-state index in [4.69, 9.17) is 14.2 Å². The largest absolute Gasteiger partial charge is 0.522 e. The lowest BCUT2D eigenvalue weighted by molar-refractivity contribution is -0.325. The number of halogens is 3. The van der Waals surface area contributed by atoms with Gasteiger partial charge >= 0.3 is 6.36 Å². The lowest BCUT2D eigenvalue weighted by Gasteiger charge is -2.40. The molecule has 11 heteroatoms. The van der Waals surface area contributed by atoms with Gasteiger partial charge in [0.2, 0.25) is 0 Å². The summed E-state index contributed by atoms with van der Waals surface area (Å²) in [7, 11) is 0. The quantitative estimate of drug-likeness (QED) is 0.618. The summed E-state index contributed by atoms with van der Waals surface area (Å²) in [5, 5.41) is 2.75. The predicted octanol–water partition coefficient (Wildman–Crippen LogP) is 3.48. The normalized spacial score (nSPS) is 23.6. The average Bonchev–Trinajstić information content (AvgIpc) is 3.40. The number of aromatic nitrogens is 1. The number of benzene rings is 1. The summed E-state index contributed by atoms with van der Waals surface area (Å²) in [5.41, 5.74) is 0.501. The molecule has 7 nitrogen and oxygen atoms in total. The summed E-state index contributed by atoms with van der Waals surface area (Å²) in [6.07, 6.45) is -2.68. The van der Waals surface area contributed by atoms with Crippen LogP contribution in [-0.4, -0.2) is 61.4 Å². The average molecular weight is 458 g/mol. The van der Waals surface area contributed by atoms with Crippen molar-refractivity contribution in [1.29, 1.82) is 0 Å². The molecule has 0 saturated carbocycles. The van der Waals surface area contributed by atoms with E-state index in [-0.39, 0.29) is 25.4 Å². The van der Waals surface area contributed by atoms with Gasteiger partial charge in [-0.15, -0.1) is 24.5 Å². The monoisotopic (exact) mass is 458 g/mol. The van der Waals surface area contributed by atoms with Crippen molar-refractivity contribution in [2.45, 2.75) is 31.4 Å². The van der Waals surface area contributed by atoms with Crippen molar-refractivity contribution in [2.24, 2.45) is 0 Å². The zero-order valence-electron chi connectivity index (χ0n) is 16.7. The zero-order valence-corrected chi connectivity index (χ0v) is 17.5. The first-order chi connectivity index (χ1) is 14.8. The zero-order chi connectivity index (χ0) is 22.1. The molecule has 0 aliphatic carbocycles. The van der Waals surface area contributed by atoms with Crippen LogP contribution >= 0.6 is 11.3 Å². The lowest BCUT2D eigenvalue weighted by atomic mass is 9.88. The van der Waals surface area contributed by atoms with E-state index < -0.39 is 18.6 Å². The number of alkyl halides is 3. The highest BCUT2D eigenvalue weighted by Gasteiger charge is 2.52. The molecule has 0 bridgehead atoms. The van der Waals surface area contributed by atoms with Gasteiger partial charge in [0.1, 0.15) is 30.3 Å². The summed E-state index contributed by atoms with van der Waals surface area (Å²) in [4.78, 5) is 19.2. The number of rotatable bonds is 6. The van der Waals surface area contributed by atoms with E-state index in [1.54, 1.807) is 36.2 Å². The molecular formula is C20H21F3N2O5S. The molecular weight excluding hydrogens is 437 g/mol. The molecule has 0 spiro atoms. The minimum Gasteiger partial charge on any atom is -0.491 e. The highest BCUT2D eigenvalue weighted by molar-refractivity contribution is 7.09. The van der Waals surface area contributed by atoms with Crippen LogP contribution in [0.15, 0.2) is 29.8 Å². The first-order valence-corrected chi connectivity index (χ1v) is 10.6. The molecule has 2 atom stereocenters. The third kappa shape index (κ3) is 4.69. The van der Waals surface area contributed by atoms with Crippen molar-refractivity contribution < 1.29 is 36.9 Å². The summed E-state index contributed by atoms with van der Waals surface area (Å²) in [5.74, 6) is 0.245. The first kappa shape index (κ1) is 22.0. The summed E-state index contributed by atoms with van der Waals surface area (Å²) < 4.78 is 56.8. The van der Waals surface area contributed by atoms with Gasteiger partial charge in [0, 0.05) is 30.1 Å². The summed E-state index contributed by atoms with van der Waals surface area (Å²) in [6.45, 7) is 1.90. The summed E-state index contributed by atoms with van der Waals surface area (Å²) >= 11 is 1.51. The fraction of sp³-hybridized carbons (Fsp3) is 0.500. The minimum atomic E-state index is -4.69. The fourth-order valence-electron chi connectivity index (χ4n) is 3.83. The van der Waals surface area contributed by atoms with Gasteiger partial charge in [-0.2, -0.15) is 0 Å². The molecule has 1 aromatic heterocycles. The Kier molecular flexibility index (Phi) is 6.20. The highest BCUT2D eigenvalue weighted by atomic mass is 32.1. The fourth-order valence-corrected chi connectivity index (χ4v) is 4.70. The van der Waals surface area contributed by atoms with E-state index in [9.17, 15) is 18.0 Å². The predicted molar refractivity (Wildman–Crippen MR) is 104 cm³/mol. The number of fused-ring (bicyclic) bond motifs is 1. The number of nitrogens with zero attached hydrogens (tertiary/aromatic N) is 2. The van der Waals surface area contributed by atoms with E-state index in [1.165, 1.54) is 11.3 Å². The molecule has 2 fully saturated rings. The number of thiazole rings is 1. The number of ether oxygens (including phenoxy) is 4. The number of hydrogen-bond donors (Lipinski definition) is 0. The van der Waals surface area contributed by atoms with Crippen molar-refractivity contribution in [2.75, 3.05) is 33.1 Å². The standard InChI is InChI=1S/C20H21F3N2O5S/c1-13-10-14(2-3-15(13)27-7-8-29-20(21,22)23)17(26)25-6-4-19(18-24-5-9-31-18)16(11-25)28-12-30-19/h2-3,5,9-10,16H,4,6-8,11-12H2,1H3/t16-,19+/m1/s1. The smallest absolute Gasteiger partial charge is 0.491 e. The number of carbonyl (C=O) groups is 1. The number of hydrogen-bond acceptors (Lipinski definition) is 7. The molecule has 2 aliphatic rings. The number of likely N-dealkylation sites (tertiary alicyclic amines) is 1. The van der Waals surface area contributed by atoms with Crippen LogP contribution in [0.2, 0.25) is 0 Å². The van der Waals surface area contributed by atoms with Crippen molar-refractivity contribution in [3.8, 4) is 5.75 Å². The van der Waals surface area contributed by atoms with Crippen LogP contribution in [0.1, 0.15) is 27.3 Å². The number of carbonyl (C=O) groups excluding carboxylic acids is 1. The Bertz CT molecular complexity index is 924. The van der Waals surface area contributed by atoms with Gasteiger partial charge in [-0.3, -0.25) is 9.53 Å². The van der Waals surface area contributed by atoms with E-state index in [0.717, 1.165) is 5.01 Å². The first-order valence-electron chi connectivity index (χ1n) is 9.67. The van der Waals surface area contributed by atoms with Crippen molar-refractivity contribution in [3.05, 3.63) is 45.9 Å². The second kappa shape index (κ2) is 8.73. The van der Waals surface area contributed by atoms with Crippen LogP contribution in [0.25, 0.3) is 0 Å². The molecule has 168 valence electrons. The second-order valence-electron chi connectivity index (χ2n) is 7.27. The van der Waals surface area contributed by atoms with E-state index in [2.05, 4.69) is 9.72 Å². The maximum atomic E-state index is 13.0. The van der Waals surface area contributed by atoms with Crippen molar-refractivity contribution in [3.63, 3.8) is 0 Å². The Morgan fingerprint density at radius 1 is 1.39 bits per heavy atom. The SMILES string of the molecule is Cc1cc(C(=O)N2CC[C@]3(c4nccs4)OCO[C@@H]3C2)ccc1OCCOC(F)(F)F. The molecule has 1 amide bonds. The molecule has 2 aromatic rings. The Morgan fingerprint density at radius 2 is 2.23 bits per heavy atom. The van der Waals surface area contributed by atoms with Crippen molar-refractivity contribution in [1.82, 2.24) is 9.88 Å². The third-order valence-corrected chi connectivity index (χ3v) is 6.29. The molecule has 0 radical (unpaired) electrons. The van der Waals surface area contributed by atoms with Gasteiger partial charge in [-0.1, -0.05) is 0 Å². The van der Waals surface area contributed by atoms with E-state index in [0.29, 0.717) is 36.4 Å². The number of amides is 1. The topological polar surface area (TPSA) is 70.1 Å². The molecule has 2 saturated heterocycles. The number of piperidine rings is 1. The van der Waals surface area contributed by atoms with Crippen LogP contribution < -0.4 is 4.74 Å². The molecule has 2 aliphatic heterocycles. The Labute approximate surface area is 180 Å². The van der Waals surface area contributed by atoms with Gasteiger partial charge in [-0.05, 0) is 30.7 Å². The lowest BCUT2D eigenvalue weighted by Crippen LogP contribution is -2.53. The van der Waals surface area contributed by atoms with Gasteiger partial charge < -0.3 is 19.1 Å². The van der Waals surface area contributed by atoms with Gasteiger partial charge in [0.25, 0.3) is 5.91 Å². The molecule has 1 aromatic carbocycles. The van der Waals surface area contributed by atoms with Crippen LogP contribution in [0.5, 0.6) is 5.75 Å². The Balaban J connectivity index is 1.38. The maximum Gasteiger partial charge on any atom is 0.522 e. The number of aryl methyl sites for hydroxylation is 1. The molecule has 3 heterocycles. The summed E-state index contributed by atoms with van der Waals surface area (Å²) in [6, 6.07) is 4.84. The molecule has 4 rings (SSSR count). The second-order valence-corrected chi connectivity index (χ2v) is 8.16. The van der Waals surface area contributed by atoms with Crippen molar-refractivity contribution >= 4 is 17.2 Å². The Hall–Kier alpha value is -2.21. The van der Waals surface area contributed by atoms with Crippen LogP contribution in [0.3, 0.4) is 0 Å². The maximum absolute atomic E-state index is 13.0. The minimum absolute atomic E-state index is 0.154. The van der Waals surface area contributed by atoms with Gasteiger partial charge in [-0.25, -0.2) is 4.98 Å². The molecule has 31 heavy (non-hydrogen) atoms. The van der Waals surface area contributed by atoms with E-state index in [1.807, 2.05) is 5.38 Å². The highest BCUT2D eigenvalue weighted by Crippen LogP contribution is 2.43. The van der Waals surface area contributed by atoms with Crippen LogP contribution in [-0.2, 0) is 19.8 Å². The van der Waals surface area contributed by atoms with Gasteiger partial charge in [0.15, 0.2) is 5.60 Å². The molecule has 0 unspecified atom stereocenters. The van der Waals surface area contributed by atoms with E-state index >= 15 is 0 Å². The van der Waals surface area contributed by atoms with Crippen LogP contribution in [0.4, 0.5) is 13.2 Å². The van der Waals surface area contributed by atoms with Crippen LogP contribution in [0, 0.1) is 6.92 Å². The Morgan fingerprint density at radius 3 is 2.94 bits per heavy atom. The van der Waals surface area contributed by atoms with Gasteiger partial charge in [0.05, 0.1) is 13.2 Å². The third-order valence-electron chi connectivity index (χ3n) is 5.36.